The summed E-state index contributed by atoms with van der Waals surface area (Å²) in [5, 5.41) is 24.4. The van der Waals surface area contributed by atoms with Crippen molar-refractivity contribution in [3.8, 4) is 23.3 Å². The zero-order valence-electron chi connectivity index (χ0n) is 15.1. The zero-order valence-corrected chi connectivity index (χ0v) is 15.1. The molecule has 1 aliphatic rings. The van der Waals surface area contributed by atoms with E-state index in [1.807, 2.05) is 36.4 Å². The average molecular weight is 358 g/mol. The number of rotatable bonds is 5. The van der Waals surface area contributed by atoms with Crippen LogP contribution >= 0.6 is 0 Å². The molecule has 2 aromatic rings. The number of carbonyl (C=O) groups excluding carboxylic acids is 1. The van der Waals surface area contributed by atoms with Crippen molar-refractivity contribution < 1.29 is 4.79 Å². The lowest BCUT2D eigenvalue weighted by Gasteiger charge is -2.23. The largest absolute Gasteiger partial charge is 0.340 e. The molecule has 5 heteroatoms. The van der Waals surface area contributed by atoms with Crippen molar-refractivity contribution >= 4 is 5.91 Å². The van der Waals surface area contributed by atoms with Crippen LogP contribution in [0.15, 0.2) is 48.5 Å². The number of amides is 1. The van der Waals surface area contributed by atoms with Gasteiger partial charge in [-0.15, -0.1) is 0 Å². The number of hydrogen-bond donors (Lipinski definition) is 2. The summed E-state index contributed by atoms with van der Waals surface area (Å²) in [5.74, 6) is -0.0867. The van der Waals surface area contributed by atoms with Gasteiger partial charge in [0.1, 0.15) is 6.04 Å². The minimum absolute atomic E-state index is 0.0389. The fourth-order valence-corrected chi connectivity index (χ4v) is 3.30. The highest BCUT2D eigenvalue weighted by molar-refractivity contribution is 5.79. The van der Waals surface area contributed by atoms with Crippen LogP contribution in [0.2, 0.25) is 0 Å². The Morgan fingerprint density at radius 2 is 1.78 bits per heavy atom. The van der Waals surface area contributed by atoms with Crippen molar-refractivity contribution in [3.05, 3.63) is 59.7 Å². The molecular formula is C22H22N4O. The van der Waals surface area contributed by atoms with Crippen LogP contribution in [-0.2, 0) is 11.2 Å². The van der Waals surface area contributed by atoms with Gasteiger partial charge in [-0.3, -0.25) is 4.79 Å². The predicted octanol–water partition coefficient (Wildman–Crippen LogP) is 2.78. The highest BCUT2D eigenvalue weighted by atomic mass is 16.2. The summed E-state index contributed by atoms with van der Waals surface area (Å²) in [6, 6.07) is 19.2. The lowest BCUT2D eigenvalue weighted by Crippen LogP contribution is -2.44. The second-order valence-corrected chi connectivity index (χ2v) is 6.82. The minimum Gasteiger partial charge on any atom is -0.340 e. The molecular weight excluding hydrogens is 336 g/mol. The first kappa shape index (κ1) is 18.6. The van der Waals surface area contributed by atoms with Crippen LogP contribution in [0, 0.1) is 28.6 Å². The van der Waals surface area contributed by atoms with Crippen molar-refractivity contribution in [2.75, 3.05) is 13.1 Å². The lowest BCUT2D eigenvalue weighted by molar-refractivity contribution is -0.125. The van der Waals surface area contributed by atoms with Crippen LogP contribution in [0.1, 0.15) is 24.0 Å². The maximum Gasteiger partial charge on any atom is 0.225 e. The summed E-state index contributed by atoms with van der Waals surface area (Å²) < 4.78 is 0. The van der Waals surface area contributed by atoms with E-state index in [0.717, 1.165) is 36.1 Å². The number of piperidine rings is 1. The van der Waals surface area contributed by atoms with E-state index in [1.165, 1.54) is 0 Å². The van der Waals surface area contributed by atoms with E-state index < -0.39 is 6.04 Å². The second kappa shape index (κ2) is 8.98. The molecule has 2 aromatic carbocycles. The van der Waals surface area contributed by atoms with Gasteiger partial charge in [0.2, 0.25) is 5.91 Å². The van der Waals surface area contributed by atoms with Crippen molar-refractivity contribution in [3.63, 3.8) is 0 Å². The molecule has 0 radical (unpaired) electrons. The van der Waals surface area contributed by atoms with Gasteiger partial charge in [0, 0.05) is 13.0 Å². The van der Waals surface area contributed by atoms with Gasteiger partial charge in [-0.1, -0.05) is 36.4 Å². The Kier molecular flexibility index (Phi) is 6.20. The van der Waals surface area contributed by atoms with E-state index in [1.54, 1.807) is 12.1 Å². The van der Waals surface area contributed by atoms with E-state index in [0.29, 0.717) is 18.5 Å². The molecule has 3 rings (SSSR count). The molecule has 1 amide bonds. The molecule has 0 spiro atoms. The third kappa shape index (κ3) is 4.94. The highest BCUT2D eigenvalue weighted by Gasteiger charge is 2.23. The number of carbonyl (C=O) groups is 1. The third-order valence-corrected chi connectivity index (χ3v) is 4.88. The van der Waals surface area contributed by atoms with Crippen molar-refractivity contribution in [2.24, 2.45) is 5.92 Å². The SMILES string of the molecule is N#Cc1ccc(-c2ccc(C[C@@H](C#N)NC(=O)[C@H]3CCCNC3)cc2)cc1. The second-order valence-electron chi connectivity index (χ2n) is 6.82. The molecule has 2 atom stereocenters. The molecule has 1 heterocycles. The van der Waals surface area contributed by atoms with Gasteiger partial charge in [-0.2, -0.15) is 10.5 Å². The molecule has 27 heavy (non-hydrogen) atoms. The van der Waals surface area contributed by atoms with Crippen LogP contribution in [-0.4, -0.2) is 25.0 Å². The number of benzene rings is 2. The highest BCUT2D eigenvalue weighted by Crippen LogP contribution is 2.21. The van der Waals surface area contributed by atoms with E-state index in [2.05, 4.69) is 22.8 Å². The molecule has 0 unspecified atom stereocenters. The van der Waals surface area contributed by atoms with E-state index in [9.17, 15) is 10.1 Å². The van der Waals surface area contributed by atoms with Crippen molar-refractivity contribution in [2.45, 2.75) is 25.3 Å². The molecule has 1 saturated heterocycles. The van der Waals surface area contributed by atoms with Gasteiger partial charge in [-0.25, -0.2) is 0 Å². The normalized spacial score (nSPS) is 17.3. The minimum atomic E-state index is -0.528. The average Bonchev–Trinajstić information content (AvgIpc) is 2.74. The van der Waals surface area contributed by atoms with Gasteiger partial charge in [0.05, 0.1) is 23.6 Å². The fourth-order valence-electron chi connectivity index (χ4n) is 3.30. The van der Waals surface area contributed by atoms with Crippen LogP contribution in [0.4, 0.5) is 0 Å². The summed E-state index contributed by atoms with van der Waals surface area (Å²) in [4.78, 5) is 12.3. The molecule has 1 aliphatic heterocycles. The molecule has 1 fully saturated rings. The first-order chi connectivity index (χ1) is 13.2. The maximum atomic E-state index is 12.3. The molecule has 136 valence electrons. The Morgan fingerprint density at radius 3 is 2.33 bits per heavy atom. The summed E-state index contributed by atoms with van der Waals surface area (Å²) in [5.41, 5.74) is 3.72. The molecule has 0 aliphatic carbocycles. The molecule has 0 aromatic heterocycles. The van der Waals surface area contributed by atoms with E-state index >= 15 is 0 Å². The standard InChI is InChI=1S/C22H22N4O/c23-13-17-5-9-19(10-6-17)18-7-3-16(4-8-18)12-21(14-24)26-22(27)20-2-1-11-25-15-20/h3-10,20-21,25H,1-2,11-12,15H2,(H,26,27)/t20-,21-/m0/s1. The number of nitriles is 2. The Morgan fingerprint density at radius 1 is 1.11 bits per heavy atom. The first-order valence-corrected chi connectivity index (χ1v) is 9.20. The van der Waals surface area contributed by atoms with Gasteiger partial charge in [0.15, 0.2) is 0 Å². The molecule has 0 saturated carbocycles. The smallest absolute Gasteiger partial charge is 0.225 e. The zero-order chi connectivity index (χ0) is 19.1. The molecule has 0 bridgehead atoms. The van der Waals surface area contributed by atoms with Crippen molar-refractivity contribution in [1.82, 2.24) is 10.6 Å². The quantitative estimate of drug-likeness (QED) is 0.860. The van der Waals surface area contributed by atoms with Crippen LogP contribution in [0.25, 0.3) is 11.1 Å². The summed E-state index contributed by atoms with van der Waals surface area (Å²) >= 11 is 0. The van der Waals surface area contributed by atoms with Crippen molar-refractivity contribution in [1.29, 1.82) is 10.5 Å². The fraction of sp³-hybridized carbons (Fsp3) is 0.318. The third-order valence-electron chi connectivity index (χ3n) is 4.88. The Hall–Kier alpha value is -3.15. The van der Waals surface area contributed by atoms with Gasteiger partial charge in [0.25, 0.3) is 0 Å². The Labute approximate surface area is 159 Å². The molecule has 2 N–H and O–H groups in total. The number of hydrogen-bond acceptors (Lipinski definition) is 4. The van der Waals surface area contributed by atoms with Gasteiger partial charge in [-0.05, 0) is 48.2 Å². The maximum absolute atomic E-state index is 12.3. The van der Waals surface area contributed by atoms with E-state index in [4.69, 9.17) is 5.26 Å². The summed E-state index contributed by atoms with van der Waals surface area (Å²) in [7, 11) is 0. The summed E-state index contributed by atoms with van der Waals surface area (Å²) in [6.45, 7) is 1.64. The number of nitrogens with zero attached hydrogens (tertiary/aromatic N) is 2. The predicted molar refractivity (Wildman–Crippen MR) is 103 cm³/mol. The summed E-state index contributed by atoms with van der Waals surface area (Å²) in [6.07, 6.45) is 2.35. The van der Waals surface area contributed by atoms with Crippen LogP contribution < -0.4 is 10.6 Å². The van der Waals surface area contributed by atoms with Gasteiger partial charge >= 0.3 is 0 Å². The van der Waals surface area contributed by atoms with Crippen LogP contribution in [0.5, 0.6) is 0 Å². The lowest BCUT2D eigenvalue weighted by atomic mass is 9.97. The van der Waals surface area contributed by atoms with Crippen LogP contribution in [0.3, 0.4) is 0 Å². The van der Waals surface area contributed by atoms with Gasteiger partial charge < -0.3 is 10.6 Å². The Balaban J connectivity index is 1.61. The Bertz CT molecular complexity index is 853. The topological polar surface area (TPSA) is 88.7 Å². The monoisotopic (exact) mass is 358 g/mol. The molecule has 5 nitrogen and oxygen atoms in total. The van der Waals surface area contributed by atoms with E-state index in [-0.39, 0.29) is 11.8 Å². The number of nitrogens with one attached hydrogen (secondary N) is 2. The first-order valence-electron chi connectivity index (χ1n) is 9.20.